The number of thiophene rings is 1. The summed E-state index contributed by atoms with van der Waals surface area (Å²) in [6, 6.07) is 1.65. The van der Waals surface area contributed by atoms with Crippen LogP contribution in [0, 0.1) is 11.3 Å². The van der Waals surface area contributed by atoms with Crippen molar-refractivity contribution in [3.05, 3.63) is 21.4 Å². The largest absolute Gasteiger partial charge is 0.351 e. The van der Waals surface area contributed by atoms with Crippen LogP contribution >= 0.6 is 11.3 Å². The molecule has 1 atom stereocenters. The molecule has 0 radical (unpaired) electrons. The summed E-state index contributed by atoms with van der Waals surface area (Å²) in [7, 11) is 0. The number of urea groups is 1. The normalized spacial score (nSPS) is 20.5. The molecule has 0 saturated carbocycles. The molecule has 1 aromatic rings. The summed E-state index contributed by atoms with van der Waals surface area (Å²) in [4.78, 5) is 27.3. The number of hydrazone groups is 1. The number of nitrogens with one attached hydrogen (secondary N) is 1. The lowest BCUT2D eigenvalue weighted by Gasteiger charge is -2.33. The zero-order chi connectivity index (χ0) is 18.9. The number of piperidine rings is 1. The van der Waals surface area contributed by atoms with E-state index in [0.717, 1.165) is 23.4 Å². The van der Waals surface area contributed by atoms with Gasteiger partial charge in [0.25, 0.3) is 5.91 Å². The Morgan fingerprint density at radius 3 is 2.58 bits per heavy atom. The van der Waals surface area contributed by atoms with Crippen molar-refractivity contribution in [2.24, 2.45) is 22.2 Å². The first-order chi connectivity index (χ1) is 12.2. The zero-order valence-corrected chi connectivity index (χ0v) is 16.6. The minimum atomic E-state index is -0.397. The summed E-state index contributed by atoms with van der Waals surface area (Å²) < 4.78 is 0. The third-order valence-corrected chi connectivity index (χ3v) is 6.74. The number of likely N-dealkylation sites (tertiary alicyclic amines) is 1. The number of hydrogen-bond acceptors (Lipinski definition) is 4. The summed E-state index contributed by atoms with van der Waals surface area (Å²) >= 11 is 1.60. The zero-order valence-electron chi connectivity index (χ0n) is 15.8. The Kier molecular flexibility index (Phi) is 5.37. The molecule has 0 unspecified atom stereocenters. The van der Waals surface area contributed by atoms with Crippen LogP contribution in [0.3, 0.4) is 0 Å². The topological polar surface area (TPSA) is 87.8 Å². The molecule has 0 aromatic carbocycles. The van der Waals surface area contributed by atoms with Crippen molar-refractivity contribution in [1.82, 2.24) is 10.3 Å². The van der Waals surface area contributed by atoms with Gasteiger partial charge in [0, 0.05) is 36.5 Å². The molecular formula is C19H28N4O2S. The highest BCUT2D eigenvalue weighted by Crippen LogP contribution is 2.40. The van der Waals surface area contributed by atoms with E-state index in [1.165, 1.54) is 16.9 Å². The summed E-state index contributed by atoms with van der Waals surface area (Å²) in [5.74, 6) is 0.526. The Hall–Kier alpha value is -1.89. The van der Waals surface area contributed by atoms with E-state index in [4.69, 9.17) is 5.73 Å². The number of nitrogens with zero attached hydrogens (tertiary/aromatic N) is 2. The molecule has 1 saturated heterocycles. The minimum absolute atomic E-state index is 0.137. The van der Waals surface area contributed by atoms with Crippen LogP contribution in [0.1, 0.15) is 60.1 Å². The first-order valence-electron chi connectivity index (χ1n) is 9.26. The highest BCUT2D eigenvalue weighted by Gasteiger charge is 2.30. The number of amides is 3. The van der Waals surface area contributed by atoms with E-state index in [9.17, 15) is 9.59 Å². The van der Waals surface area contributed by atoms with Gasteiger partial charge in [-0.1, -0.05) is 20.8 Å². The molecule has 7 heteroatoms. The predicted molar refractivity (Wildman–Crippen MR) is 105 cm³/mol. The van der Waals surface area contributed by atoms with Crippen LogP contribution < -0.4 is 11.2 Å². The maximum absolute atomic E-state index is 12.5. The second kappa shape index (κ2) is 7.39. The Morgan fingerprint density at radius 1 is 1.27 bits per heavy atom. The molecule has 1 aromatic heterocycles. The number of aryl methyl sites for hydroxylation is 1. The fraction of sp³-hybridized carbons (Fsp3) is 0.632. The molecule has 2 heterocycles. The van der Waals surface area contributed by atoms with Gasteiger partial charge in [-0.25, -0.2) is 10.2 Å². The van der Waals surface area contributed by atoms with E-state index in [1.807, 2.05) is 6.07 Å². The molecule has 0 spiro atoms. The average molecular weight is 377 g/mol. The van der Waals surface area contributed by atoms with Crippen molar-refractivity contribution >= 4 is 29.0 Å². The number of carbonyl (C=O) groups excluding carboxylic acids is 2. The van der Waals surface area contributed by atoms with E-state index >= 15 is 0 Å². The van der Waals surface area contributed by atoms with Gasteiger partial charge in [-0.15, -0.1) is 11.3 Å². The van der Waals surface area contributed by atoms with E-state index in [0.29, 0.717) is 37.3 Å². The van der Waals surface area contributed by atoms with Gasteiger partial charge in [-0.2, -0.15) is 5.10 Å². The van der Waals surface area contributed by atoms with Gasteiger partial charge in [0.15, 0.2) is 0 Å². The molecule has 26 heavy (non-hydrogen) atoms. The molecule has 2 aliphatic rings. The maximum atomic E-state index is 12.5. The maximum Gasteiger partial charge on any atom is 0.314 e. The molecule has 3 N–H and O–H groups in total. The first kappa shape index (κ1) is 18.9. The van der Waals surface area contributed by atoms with Gasteiger partial charge in [-0.3, -0.25) is 4.79 Å². The number of rotatable bonds is 2. The number of carbonyl (C=O) groups is 2. The van der Waals surface area contributed by atoms with Gasteiger partial charge in [-0.05, 0) is 42.2 Å². The number of primary amides is 1. The monoisotopic (exact) mass is 376 g/mol. The smallest absolute Gasteiger partial charge is 0.314 e. The number of nitrogens with two attached hydrogens (primary N) is 1. The van der Waals surface area contributed by atoms with Crippen LogP contribution in [0.4, 0.5) is 4.79 Å². The molecule has 1 aliphatic heterocycles. The quantitative estimate of drug-likeness (QED) is 0.777. The van der Waals surface area contributed by atoms with Gasteiger partial charge >= 0.3 is 6.03 Å². The molecule has 3 amide bonds. The van der Waals surface area contributed by atoms with Crippen LogP contribution in [-0.2, 0) is 12.8 Å². The van der Waals surface area contributed by atoms with Crippen molar-refractivity contribution < 1.29 is 9.59 Å². The van der Waals surface area contributed by atoms with E-state index < -0.39 is 6.03 Å². The standard InChI is InChI=1S/C19H28N4O2S/c1-19(2,3)13-4-5-15-12(10-13)11-16(26-15)17(24)22-21-14-6-8-23(9-7-14)18(20)25/h11,13H,4-10H2,1-3H3,(H2,20,25)(H,22,24)/t13-/m0/s1. The van der Waals surface area contributed by atoms with Crippen LogP contribution in [-0.4, -0.2) is 35.6 Å². The Labute approximate surface area is 158 Å². The fourth-order valence-corrected chi connectivity index (χ4v) is 4.75. The highest BCUT2D eigenvalue weighted by molar-refractivity contribution is 7.14. The molecule has 3 rings (SSSR count). The van der Waals surface area contributed by atoms with Crippen molar-refractivity contribution in [2.45, 2.75) is 52.9 Å². The second-order valence-corrected chi connectivity index (χ2v) is 9.45. The van der Waals surface area contributed by atoms with Gasteiger partial charge in [0.05, 0.1) is 4.88 Å². The lowest BCUT2D eigenvalue weighted by molar-refractivity contribution is 0.0958. The predicted octanol–water partition coefficient (Wildman–Crippen LogP) is 3.16. The molecule has 142 valence electrons. The van der Waals surface area contributed by atoms with E-state index in [-0.39, 0.29) is 5.91 Å². The number of hydrogen-bond donors (Lipinski definition) is 2. The molecule has 1 aliphatic carbocycles. The summed E-state index contributed by atoms with van der Waals surface area (Å²) in [5.41, 5.74) is 10.5. The summed E-state index contributed by atoms with van der Waals surface area (Å²) in [6.45, 7) is 8.00. The average Bonchev–Trinajstić information content (AvgIpc) is 3.02. The van der Waals surface area contributed by atoms with Crippen LogP contribution in [0.15, 0.2) is 11.2 Å². The van der Waals surface area contributed by atoms with Crippen LogP contribution in [0.2, 0.25) is 0 Å². The molecular weight excluding hydrogens is 348 g/mol. The third kappa shape index (κ3) is 4.26. The van der Waals surface area contributed by atoms with Crippen LogP contribution in [0.5, 0.6) is 0 Å². The first-order valence-corrected chi connectivity index (χ1v) is 10.1. The van der Waals surface area contributed by atoms with Crippen molar-refractivity contribution in [3.63, 3.8) is 0 Å². The van der Waals surface area contributed by atoms with Crippen LogP contribution in [0.25, 0.3) is 0 Å². The minimum Gasteiger partial charge on any atom is -0.351 e. The fourth-order valence-electron chi connectivity index (χ4n) is 3.66. The van der Waals surface area contributed by atoms with Crippen molar-refractivity contribution in [3.8, 4) is 0 Å². The Bertz CT molecular complexity index is 722. The second-order valence-electron chi connectivity index (χ2n) is 8.31. The lowest BCUT2D eigenvalue weighted by atomic mass is 9.72. The Balaban J connectivity index is 1.59. The summed E-state index contributed by atoms with van der Waals surface area (Å²) in [6.07, 6.45) is 4.61. The van der Waals surface area contributed by atoms with Crippen molar-refractivity contribution in [1.29, 1.82) is 0 Å². The van der Waals surface area contributed by atoms with Gasteiger partial charge in [0.1, 0.15) is 0 Å². The number of fused-ring (bicyclic) bond motifs is 1. The third-order valence-electron chi connectivity index (χ3n) is 5.50. The lowest BCUT2D eigenvalue weighted by Crippen LogP contribution is -2.42. The Morgan fingerprint density at radius 2 is 1.96 bits per heavy atom. The van der Waals surface area contributed by atoms with E-state index in [1.54, 1.807) is 16.2 Å². The van der Waals surface area contributed by atoms with E-state index in [2.05, 4.69) is 31.3 Å². The van der Waals surface area contributed by atoms with Crippen molar-refractivity contribution in [2.75, 3.05) is 13.1 Å². The molecule has 1 fully saturated rings. The molecule has 6 nitrogen and oxygen atoms in total. The van der Waals surface area contributed by atoms with Gasteiger partial charge < -0.3 is 10.6 Å². The summed E-state index contributed by atoms with van der Waals surface area (Å²) in [5, 5.41) is 4.26. The SMILES string of the molecule is CC(C)(C)[C@H]1CCc2sc(C(=O)NN=C3CCN(C(N)=O)CC3)cc2C1. The highest BCUT2D eigenvalue weighted by atomic mass is 32.1. The van der Waals surface area contributed by atoms with Gasteiger partial charge in [0.2, 0.25) is 0 Å². The molecule has 0 bridgehead atoms.